The monoisotopic (exact) mass is 386 g/mol. The molecule has 2 amide bonds. The molecule has 0 radical (unpaired) electrons. The van der Waals surface area contributed by atoms with Gasteiger partial charge in [0.15, 0.2) is 6.61 Å². The van der Waals surface area contributed by atoms with Crippen LogP contribution in [0.15, 0.2) is 48.5 Å². The summed E-state index contributed by atoms with van der Waals surface area (Å²) in [6.07, 6.45) is 0.0749. The molecule has 3 rings (SSSR count). The van der Waals surface area contributed by atoms with Gasteiger partial charge in [-0.05, 0) is 43.3 Å². The molecule has 6 nitrogen and oxygen atoms in total. The Morgan fingerprint density at radius 2 is 1.81 bits per heavy atom. The summed E-state index contributed by atoms with van der Waals surface area (Å²) in [5, 5.41) is 3.17. The molecule has 1 fully saturated rings. The van der Waals surface area contributed by atoms with Crippen LogP contribution in [0, 0.1) is 12.8 Å². The first kappa shape index (κ1) is 18.9. The van der Waals surface area contributed by atoms with Gasteiger partial charge in [0.05, 0.1) is 5.92 Å². The zero-order valence-corrected chi connectivity index (χ0v) is 15.5. The zero-order chi connectivity index (χ0) is 19.4. The van der Waals surface area contributed by atoms with Crippen LogP contribution in [0.3, 0.4) is 0 Å². The van der Waals surface area contributed by atoms with Crippen molar-refractivity contribution in [1.29, 1.82) is 0 Å². The number of nitrogens with one attached hydrogen (secondary N) is 1. The smallest absolute Gasteiger partial charge is 0.311 e. The van der Waals surface area contributed by atoms with Crippen LogP contribution in [0.5, 0.6) is 0 Å². The standard InChI is InChI=1S/C20H19ClN2O4/c1-13-2-8-17(9-3-13)23-11-14(10-19(23)25)20(26)27-12-18(24)22-16-6-4-15(21)5-7-16/h2-9,14H,10-12H2,1H3,(H,22,24)/t14-/m1/s1. The number of rotatable bonds is 5. The zero-order valence-electron chi connectivity index (χ0n) is 14.8. The largest absolute Gasteiger partial charge is 0.455 e. The highest BCUT2D eigenvalue weighted by Crippen LogP contribution is 2.26. The van der Waals surface area contributed by atoms with Gasteiger partial charge in [-0.3, -0.25) is 14.4 Å². The van der Waals surface area contributed by atoms with Crippen LogP contribution in [-0.2, 0) is 19.1 Å². The topological polar surface area (TPSA) is 75.7 Å². The van der Waals surface area contributed by atoms with Crippen molar-refractivity contribution < 1.29 is 19.1 Å². The van der Waals surface area contributed by atoms with Gasteiger partial charge in [-0.2, -0.15) is 0 Å². The van der Waals surface area contributed by atoms with Crippen LogP contribution in [0.4, 0.5) is 11.4 Å². The molecule has 1 saturated heterocycles. The number of halogens is 1. The van der Waals surface area contributed by atoms with Crippen LogP contribution >= 0.6 is 11.6 Å². The molecule has 1 atom stereocenters. The van der Waals surface area contributed by atoms with E-state index in [0.29, 0.717) is 10.7 Å². The second-order valence-corrected chi connectivity index (χ2v) is 6.84. The van der Waals surface area contributed by atoms with Crippen molar-refractivity contribution in [2.24, 2.45) is 5.92 Å². The van der Waals surface area contributed by atoms with Crippen molar-refractivity contribution >= 4 is 40.8 Å². The number of amides is 2. The molecular formula is C20H19ClN2O4. The number of carbonyl (C=O) groups is 3. The summed E-state index contributed by atoms with van der Waals surface area (Å²) in [7, 11) is 0. The average molecular weight is 387 g/mol. The number of hydrogen-bond donors (Lipinski definition) is 1. The molecule has 0 unspecified atom stereocenters. The highest BCUT2D eigenvalue weighted by Gasteiger charge is 2.36. The number of carbonyl (C=O) groups excluding carboxylic acids is 3. The number of ether oxygens (including phenoxy) is 1. The lowest BCUT2D eigenvalue weighted by Crippen LogP contribution is -2.28. The van der Waals surface area contributed by atoms with Gasteiger partial charge in [0.1, 0.15) is 0 Å². The summed E-state index contributed by atoms with van der Waals surface area (Å²) in [6, 6.07) is 14.1. The minimum Gasteiger partial charge on any atom is -0.455 e. The van der Waals surface area contributed by atoms with E-state index >= 15 is 0 Å². The highest BCUT2D eigenvalue weighted by molar-refractivity contribution is 6.30. The van der Waals surface area contributed by atoms with Gasteiger partial charge in [0.25, 0.3) is 5.91 Å². The van der Waals surface area contributed by atoms with Gasteiger partial charge in [-0.25, -0.2) is 0 Å². The van der Waals surface area contributed by atoms with E-state index < -0.39 is 24.4 Å². The van der Waals surface area contributed by atoms with E-state index in [9.17, 15) is 14.4 Å². The summed E-state index contributed by atoms with van der Waals surface area (Å²) in [5.74, 6) is -1.72. The number of nitrogens with zero attached hydrogens (tertiary/aromatic N) is 1. The molecule has 0 spiro atoms. The molecule has 1 aliphatic heterocycles. The normalized spacial score (nSPS) is 16.3. The van der Waals surface area contributed by atoms with Crippen molar-refractivity contribution in [2.45, 2.75) is 13.3 Å². The number of anilines is 2. The lowest BCUT2D eigenvalue weighted by atomic mass is 10.1. The van der Waals surface area contributed by atoms with Crippen LogP contribution in [-0.4, -0.2) is 30.9 Å². The van der Waals surface area contributed by atoms with E-state index in [-0.39, 0.29) is 18.9 Å². The van der Waals surface area contributed by atoms with Crippen LogP contribution in [0.1, 0.15) is 12.0 Å². The molecule has 1 aliphatic rings. The molecule has 140 valence electrons. The van der Waals surface area contributed by atoms with Gasteiger partial charge < -0.3 is 15.0 Å². The predicted molar refractivity (Wildman–Crippen MR) is 103 cm³/mol. The molecule has 0 saturated carbocycles. The SMILES string of the molecule is Cc1ccc(N2C[C@H](C(=O)OCC(=O)Nc3ccc(Cl)cc3)CC2=O)cc1. The van der Waals surface area contributed by atoms with Crippen molar-refractivity contribution in [3.63, 3.8) is 0 Å². The Balaban J connectivity index is 1.51. The summed E-state index contributed by atoms with van der Waals surface area (Å²) in [5.41, 5.74) is 2.40. The predicted octanol–water partition coefficient (Wildman–Crippen LogP) is 3.18. The van der Waals surface area contributed by atoms with E-state index in [1.54, 1.807) is 29.2 Å². The molecule has 2 aromatic rings. The van der Waals surface area contributed by atoms with Gasteiger partial charge in [0.2, 0.25) is 5.91 Å². The molecule has 0 aliphatic carbocycles. The molecule has 2 aromatic carbocycles. The maximum Gasteiger partial charge on any atom is 0.311 e. The molecule has 0 bridgehead atoms. The molecule has 0 aromatic heterocycles. The first-order valence-corrected chi connectivity index (χ1v) is 8.89. The van der Waals surface area contributed by atoms with E-state index in [4.69, 9.17) is 16.3 Å². The second kappa shape index (κ2) is 8.22. The number of esters is 1. The highest BCUT2D eigenvalue weighted by atomic mass is 35.5. The maximum atomic E-state index is 12.2. The minimum absolute atomic E-state index is 0.0749. The molecule has 7 heteroatoms. The quantitative estimate of drug-likeness (QED) is 0.801. The summed E-state index contributed by atoms with van der Waals surface area (Å²) in [4.78, 5) is 37.9. The van der Waals surface area contributed by atoms with Crippen LogP contribution in [0.25, 0.3) is 0 Å². The maximum absolute atomic E-state index is 12.2. The first-order chi connectivity index (χ1) is 12.9. The van der Waals surface area contributed by atoms with Gasteiger partial charge in [-0.15, -0.1) is 0 Å². The van der Waals surface area contributed by atoms with Crippen molar-refractivity contribution in [2.75, 3.05) is 23.4 Å². The Labute approximate surface area is 162 Å². The Kier molecular flexibility index (Phi) is 5.76. The third-order valence-corrected chi connectivity index (χ3v) is 4.53. The van der Waals surface area contributed by atoms with E-state index in [1.807, 2.05) is 31.2 Å². The van der Waals surface area contributed by atoms with Gasteiger partial charge in [0, 0.05) is 29.4 Å². The lowest BCUT2D eigenvalue weighted by molar-refractivity contribution is -0.151. The van der Waals surface area contributed by atoms with Crippen LogP contribution in [0.2, 0.25) is 5.02 Å². The summed E-state index contributed by atoms with van der Waals surface area (Å²) >= 11 is 5.79. The fourth-order valence-corrected chi connectivity index (χ4v) is 2.95. The third-order valence-electron chi connectivity index (χ3n) is 4.28. The Morgan fingerprint density at radius 3 is 2.48 bits per heavy atom. The molecule has 1 N–H and O–H groups in total. The number of benzene rings is 2. The van der Waals surface area contributed by atoms with Crippen molar-refractivity contribution in [3.8, 4) is 0 Å². The fourth-order valence-electron chi connectivity index (χ4n) is 2.82. The third kappa shape index (κ3) is 4.86. The Morgan fingerprint density at radius 1 is 1.15 bits per heavy atom. The fraction of sp³-hybridized carbons (Fsp3) is 0.250. The second-order valence-electron chi connectivity index (χ2n) is 6.40. The van der Waals surface area contributed by atoms with E-state index in [2.05, 4.69) is 5.32 Å². The summed E-state index contributed by atoms with van der Waals surface area (Å²) in [6.45, 7) is 1.81. The van der Waals surface area contributed by atoms with Crippen LogP contribution < -0.4 is 10.2 Å². The first-order valence-electron chi connectivity index (χ1n) is 8.51. The number of hydrogen-bond acceptors (Lipinski definition) is 4. The van der Waals surface area contributed by atoms with Gasteiger partial charge in [-0.1, -0.05) is 29.3 Å². The lowest BCUT2D eigenvalue weighted by Gasteiger charge is -2.16. The van der Waals surface area contributed by atoms with E-state index in [1.165, 1.54) is 0 Å². The van der Waals surface area contributed by atoms with Crippen molar-refractivity contribution in [3.05, 3.63) is 59.1 Å². The molecular weight excluding hydrogens is 368 g/mol. The number of aryl methyl sites for hydroxylation is 1. The molecule has 1 heterocycles. The summed E-state index contributed by atoms with van der Waals surface area (Å²) < 4.78 is 5.08. The van der Waals surface area contributed by atoms with Gasteiger partial charge >= 0.3 is 5.97 Å². The molecule has 27 heavy (non-hydrogen) atoms. The minimum atomic E-state index is -0.581. The average Bonchev–Trinajstić information content (AvgIpc) is 3.04. The Hall–Kier alpha value is -2.86. The van der Waals surface area contributed by atoms with Crippen molar-refractivity contribution in [1.82, 2.24) is 0 Å². The van der Waals surface area contributed by atoms with E-state index in [0.717, 1.165) is 11.3 Å². The Bertz CT molecular complexity index is 849.